The van der Waals surface area contributed by atoms with Crippen molar-refractivity contribution >= 4 is 0 Å². The highest BCUT2D eigenvalue weighted by atomic mass is 14.0. The minimum Gasteiger partial charge on any atom is -0.0805 e. The molecule has 0 unspecified atom stereocenters. The minimum atomic E-state index is 1.22. The van der Waals surface area contributed by atoms with Crippen molar-refractivity contribution in [2.75, 3.05) is 0 Å². The monoisotopic (exact) mass is 276 g/mol. The maximum atomic E-state index is 2.31. The van der Waals surface area contributed by atoms with Gasteiger partial charge in [-0.25, -0.2) is 0 Å². The van der Waals surface area contributed by atoms with Crippen LogP contribution >= 0.6 is 0 Å². The van der Waals surface area contributed by atoms with E-state index < -0.39 is 0 Å². The molecule has 0 aromatic heterocycles. The molecule has 0 saturated carbocycles. The second kappa shape index (κ2) is 13.5. The molecule has 0 aromatic carbocycles. The molecular weight excluding hydrogens is 240 g/mol. The normalized spacial score (nSPS) is 13.9. The molecule has 0 heterocycles. The van der Waals surface area contributed by atoms with Gasteiger partial charge in [-0.05, 0) is 19.3 Å². The largest absolute Gasteiger partial charge is 0.0805 e. The van der Waals surface area contributed by atoms with Crippen molar-refractivity contribution in [3.8, 4) is 0 Å². The molecule has 0 aliphatic heterocycles. The van der Waals surface area contributed by atoms with Crippen molar-refractivity contribution in [2.45, 2.75) is 103 Å². The Bertz CT molecular complexity index is 259. The Morgan fingerprint density at radius 1 is 0.700 bits per heavy atom. The summed E-state index contributed by atoms with van der Waals surface area (Å²) in [4.78, 5) is 0. The Morgan fingerprint density at radius 3 is 1.65 bits per heavy atom. The predicted molar refractivity (Wildman–Crippen MR) is 92.2 cm³/mol. The quantitative estimate of drug-likeness (QED) is 0.291. The molecule has 0 heteroatoms. The fourth-order valence-electron chi connectivity index (χ4n) is 3.05. The molecule has 0 aromatic rings. The highest BCUT2D eigenvalue weighted by molar-refractivity contribution is 5.22. The first-order valence-electron chi connectivity index (χ1n) is 9.28. The van der Waals surface area contributed by atoms with Gasteiger partial charge in [0, 0.05) is 0 Å². The van der Waals surface area contributed by atoms with Crippen LogP contribution in [0.1, 0.15) is 103 Å². The van der Waals surface area contributed by atoms with E-state index in [9.17, 15) is 0 Å². The Hall–Kier alpha value is -0.520. The second-order valence-electron chi connectivity index (χ2n) is 6.45. The summed E-state index contributed by atoms with van der Waals surface area (Å²) >= 11 is 0. The zero-order valence-corrected chi connectivity index (χ0v) is 13.8. The van der Waals surface area contributed by atoms with Crippen LogP contribution in [0.5, 0.6) is 0 Å². The third-order valence-electron chi connectivity index (χ3n) is 4.45. The van der Waals surface area contributed by atoms with Crippen LogP contribution in [0.15, 0.2) is 23.8 Å². The van der Waals surface area contributed by atoms with Gasteiger partial charge in [-0.1, -0.05) is 108 Å². The van der Waals surface area contributed by atoms with Crippen molar-refractivity contribution in [2.24, 2.45) is 0 Å². The third-order valence-corrected chi connectivity index (χ3v) is 4.45. The fraction of sp³-hybridized carbons (Fsp3) is 0.800. The van der Waals surface area contributed by atoms with Gasteiger partial charge in [-0.15, -0.1) is 0 Å². The zero-order valence-electron chi connectivity index (χ0n) is 13.8. The lowest BCUT2D eigenvalue weighted by molar-refractivity contribution is 0.539. The average Bonchev–Trinajstić information content (AvgIpc) is 2.97. The molecule has 0 spiro atoms. The molecular formula is C20H36. The summed E-state index contributed by atoms with van der Waals surface area (Å²) in [5.74, 6) is 0. The van der Waals surface area contributed by atoms with Gasteiger partial charge in [0.25, 0.3) is 0 Å². The molecule has 0 bridgehead atoms. The summed E-state index contributed by atoms with van der Waals surface area (Å²) in [5, 5.41) is 0. The van der Waals surface area contributed by atoms with E-state index in [4.69, 9.17) is 0 Å². The van der Waals surface area contributed by atoms with E-state index in [-0.39, 0.29) is 0 Å². The van der Waals surface area contributed by atoms with Crippen LogP contribution in [-0.4, -0.2) is 0 Å². The molecule has 1 aliphatic carbocycles. The molecule has 116 valence electrons. The number of allylic oxidation sites excluding steroid dienone is 4. The molecule has 0 fully saturated rings. The molecule has 0 saturated heterocycles. The van der Waals surface area contributed by atoms with E-state index in [1.165, 1.54) is 96.3 Å². The van der Waals surface area contributed by atoms with E-state index in [1.807, 2.05) is 0 Å². The third kappa shape index (κ3) is 10.3. The lowest BCUT2D eigenvalue weighted by atomic mass is 10.0. The highest BCUT2D eigenvalue weighted by Gasteiger charge is 1.99. The van der Waals surface area contributed by atoms with Gasteiger partial charge < -0.3 is 0 Å². The van der Waals surface area contributed by atoms with E-state index in [1.54, 1.807) is 5.57 Å². The van der Waals surface area contributed by atoms with Crippen molar-refractivity contribution in [3.05, 3.63) is 23.8 Å². The van der Waals surface area contributed by atoms with E-state index in [0.717, 1.165) is 0 Å². The van der Waals surface area contributed by atoms with E-state index >= 15 is 0 Å². The van der Waals surface area contributed by atoms with E-state index in [0.29, 0.717) is 0 Å². The van der Waals surface area contributed by atoms with Crippen LogP contribution in [0, 0.1) is 0 Å². The number of unbranched alkanes of at least 4 members (excludes halogenated alkanes) is 12. The summed E-state index contributed by atoms with van der Waals surface area (Å²) < 4.78 is 0. The van der Waals surface area contributed by atoms with Gasteiger partial charge in [0.15, 0.2) is 0 Å². The Labute approximate surface area is 127 Å². The van der Waals surface area contributed by atoms with Gasteiger partial charge in [-0.2, -0.15) is 0 Å². The summed E-state index contributed by atoms with van der Waals surface area (Å²) in [5.41, 5.74) is 1.65. The summed E-state index contributed by atoms with van der Waals surface area (Å²) in [6.07, 6.45) is 28.2. The van der Waals surface area contributed by atoms with Crippen LogP contribution in [0.3, 0.4) is 0 Å². The zero-order chi connectivity index (χ0) is 14.3. The second-order valence-corrected chi connectivity index (χ2v) is 6.45. The lowest BCUT2D eigenvalue weighted by Crippen LogP contribution is -1.84. The van der Waals surface area contributed by atoms with Crippen molar-refractivity contribution < 1.29 is 0 Å². The predicted octanol–water partition coefficient (Wildman–Crippen LogP) is 7.35. The minimum absolute atomic E-state index is 1.22. The highest BCUT2D eigenvalue weighted by Crippen LogP contribution is 2.19. The topological polar surface area (TPSA) is 0 Å². The Kier molecular flexibility index (Phi) is 11.8. The molecule has 0 nitrogen and oxygen atoms in total. The summed E-state index contributed by atoms with van der Waals surface area (Å²) in [6, 6.07) is 0. The summed E-state index contributed by atoms with van der Waals surface area (Å²) in [6.45, 7) is 2.29. The first-order chi connectivity index (χ1) is 9.93. The Balaban J connectivity index is 1.68. The van der Waals surface area contributed by atoms with Crippen LogP contribution in [0.2, 0.25) is 0 Å². The Morgan fingerprint density at radius 2 is 1.20 bits per heavy atom. The van der Waals surface area contributed by atoms with Crippen molar-refractivity contribution in [1.29, 1.82) is 0 Å². The SMILES string of the molecule is CCCCCCCCCCCCCCCC1=CC=CC1. The molecule has 20 heavy (non-hydrogen) atoms. The first kappa shape index (κ1) is 17.5. The molecule has 1 aliphatic rings. The molecule has 1 rings (SSSR count). The van der Waals surface area contributed by atoms with Gasteiger partial charge in [0.2, 0.25) is 0 Å². The lowest BCUT2D eigenvalue weighted by Gasteiger charge is -2.03. The van der Waals surface area contributed by atoms with Crippen molar-refractivity contribution in [3.63, 3.8) is 0 Å². The molecule has 0 amide bonds. The molecule has 0 atom stereocenters. The van der Waals surface area contributed by atoms with Gasteiger partial charge in [0.1, 0.15) is 0 Å². The number of hydrogen-bond donors (Lipinski definition) is 0. The molecule has 0 radical (unpaired) electrons. The van der Waals surface area contributed by atoms with Gasteiger partial charge in [0.05, 0.1) is 0 Å². The average molecular weight is 277 g/mol. The van der Waals surface area contributed by atoms with Crippen molar-refractivity contribution in [1.82, 2.24) is 0 Å². The van der Waals surface area contributed by atoms with Crippen LogP contribution in [0.4, 0.5) is 0 Å². The van der Waals surface area contributed by atoms with Crippen LogP contribution < -0.4 is 0 Å². The van der Waals surface area contributed by atoms with Gasteiger partial charge >= 0.3 is 0 Å². The standard InChI is InChI=1S/C20H36/c1-2-3-4-5-6-7-8-9-10-11-12-13-14-17-20-18-15-16-19-20/h15-16,18H,2-14,17,19H2,1H3. The van der Waals surface area contributed by atoms with Crippen LogP contribution in [0.25, 0.3) is 0 Å². The van der Waals surface area contributed by atoms with E-state index in [2.05, 4.69) is 25.2 Å². The molecule has 0 N–H and O–H groups in total. The smallest absolute Gasteiger partial charge is 0.0133 e. The van der Waals surface area contributed by atoms with Crippen LogP contribution in [-0.2, 0) is 0 Å². The fourth-order valence-corrected chi connectivity index (χ4v) is 3.05. The maximum Gasteiger partial charge on any atom is -0.0133 e. The summed E-state index contributed by atoms with van der Waals surface area (Å²) in [7, 11) is 0. The first-order valence-corrected chi connectivity index (χ1v) is 9.28. The van der Waals surface area contributed by atoms with Gasteiger partial charge in [-0.3, -0.25) is 0 Å². The number of rotatable bonds is 14. The number of hydrogen-bond acceptors (Lipinski definition) is 0. The maximum absolute atomic E-state index is 2.31.